The summed E-state index contributed by atoms with van der Waals surface area (Å²) in [5, 5.41) is 9.97. The standard InChI is InChI=1S/C14H21BrO3/c1-3-18-8-4-5-12(16)9-11-10-13(17-2)6-7-14(11)15/h6-7,10,12,16H,3-5,8-9H2,1-2H3. The van der Waals surface area contributed by atoms with E-state index in [0.717, 1.165) is 35.2 Å². The first-order valence-corrected chi connectivity index (χ1v) is 7.05. The molecular weight excluding hydrogens is 296 g/mol. The molecule has 0 saturated heterocycles. The summed E-state index contributed by atoms with van der Waals surface area (Å²) in [6.45, 7) is 3.42. The molecule has 18 heavy (non-hydrogen) atoms. The first-order chi connectivity index (χ1) is 8.67. The van der Waals surface area contributed by atoms with Crippen LogP contribution in [0.1, 0.15) is 25.3 Å². The molecule has 0 amide bonds. The van der Waals surface area contributed by atoms with E-state index in [1.165, 1.54) is 0 Å². The SMILES string of the molecule is CCOCCCC(O)Cc1cc(OC)ccc1Br. The second-order valence-electron chi connectivity index (χ2n) is 4.15. The fourth-order valence-electron chi connectivity index (χ4n) is 1.76. The van der Waals surface area contributed by atoms with Crippen molar-refractivity contribution in [2.24, 2.45) is 0 Å². The van der Waals surface area contributed by atoms with Crippen molar-refractivity contribution in [1.29, 1.82) is 0 Å². The zero-order valence-electron chi connectivity index (χ0n) is 11.0. The maximum absolute atomic E-state index is 9.97. The van der Waals surface area contributed by atoms with E-state index in [4.69, 9.17) is 9.47 Å². The van der Waals surface area contributed by atoms with E-state index in [1.807, 2.05) is 25.1 Å². The molecule has 0 aliphatic rings. The van der Waals surface area contributed by atoms with Crippen LogP contribution in [0.25, 0.3) is 0 Å². The number of ether oxygens (including phenoxy) is 2. The van der Waals surface area contributed by atoms with Gasteiger partial charge < -0.3 is 14.6 Å². The predicted octanol–water partition coefficient (Wildman–Crippen LogP) is 3.18. The number of methoxy groups -OCH3 is 1. The van der Waals surface area contributed by atoms with Gasteiger partial charge in [-0.2, -0.15) is 0 Å². The topological polar surface area (TPSA) is 38.7 Å². The number of benzene rings is 1. The third-order valence-electron chi connectivity index (χ3n) is 2.74. The summed E-state index contributed by atoms with van der Waals surface area (Å²) >= 11 is 3.49. The summed E-state index contributed by atoms with van der Waals surface area (Å²) in [6.07, 6.45) is 1.93. The lowest BCUT2D eigenvalue weighted by molar-refractivity contribution is 0.114. The molecule has 0 aliphatic heterocycles. The highest BCUT2D eigenvalue weighted by molar-refractivity contribution is 9.10. The molecule has 0 aliphatic carbocycles. The monoisotopic (exact) mass is 316 g/mol. The Labute approximate surface area is 117 Å². The van der Waals surface area contributed by atoms with Crippen LogP contribution < -0.4 is 4.74 Å². The van der Waals surface area contributed by atoms with Gasteiger partial charge in [0.15, 0.2) is 0 Å². The Bertz CT molecular complexity index is 355. The van der Waals surface area contributed by atoms with Crippen LogP contribution in [0.5, 0.6) is 5.75 Å². The summed E-state index contributed by atoms with van der Waals surface area (Å²) in [6, 6.07) is 5.80. The van der Waals surface area contributed by atoms with Gasteiger partial charge in [-0.1, -0.05) is 15.9 Å². The largest absolute Gasteiger partial charge is 0.497 e. The molecule has 1 unspecified atom stereocenters. The van der Waals surface area contributed by atoms with Crippen LogP contribution in [0.3, 0.4) is 0 Å². The van der Waals surface area contributed by atoms with E-state index in [1.54, 1.807) is 7.11 Å². The lowest BCUT2D eigenvalue weighted by Gasteiger charge is -2.13. The number of aliphatic hydroxyl groups excluding tert-OH is 1. The number of hydrogen-bond acceptors (Lipinski definition) is 3. The molecule has 0 spiro atoms. The Balaban J connectivity index is 2.45. The molecule has 0 fully saturated rings. The van der Waals surface area contributed by atoms with Gasteiger partial charge in [-0.05, 0) is 49.9 Å². The zero-order chi connectivity index (χ0) is 13.4. The third-order valence-corrected chi connectivity index (χ3v) is 3.51. The second-order valence-corrected chi connectivity index (χ2v) is 5.01. The van der Waals surface area contributed by atoms with Gasteiger partial charge in [0.2, 0.25) is 0 Å². The fraction of sp³-hybridized carbons (Fsp3) is 0.571. The molecule has 1 N–H and O–H groups in total. The predicted molar refractivity (Wildman–Crippen MR) is 76.1 cm³/mol. The van der Waals surface area contributed by atoms with Gasteiger partial charge in [0.1, 0.15) is 5.75 Å². The smallest absolute Gasteiger partial charge is 0.119 e. The normalized spacial score (nSPS) is 12.4. The quantitative estimate of drug-likeness (QED) is 0.749. The third kappa shape index (κ3) is 5.38. The number of hydrogen-bond donors (Lipinski definition) is 1. The van der Waals surface area contributed by atoms with Crippen LogP contribution >= 0.6 is 15.9 Å². The van der Waals surface area contributed by atoms with Crippen molar-refractivity contribution in [3.05, 3.63) is 28.2 Å². The second kappa shape index (κ2) is 8.51. The molecule has 4 heteroatoms. The molecule has 0 saturated carbocycles. The summed E-state index contributed by atoms with van der Waals surface area (Å²) in [4.78, 5) is 0. The average molecular weight is 317 g/mol. The molecule has 1 rings (SSSR count). The maximum Gasteiger partial charge on any atom is 0.119 e. The molecule has 3 nitrogen and oxygen atoms in total. The van der Waals surface area contributed by atoms with Gasteiger partial charge >= 0.3 is 0 Å². The summed E-state index contributed by atoms with van der Waals surface area (Å²) in [5.74, 6) is 0.815. The van der Waals surface area contributed by atoms with Gasteiger partial charge in [0.05, 0.1) is 13.2 Å². The highest BCUT2D eigenvalue weighted by atomic mass is 79.9. The maximum atomic E-state index is 9.97. The van der Waals surface area contributed by atoms with Crippen molar-refractivity contribution in [3.63, 3.8) is 0 Å². The van der Waals surface area contributed by atoms with Gasteiger partial charge in [-0.15, -0.1) is 0 Å². The lowest BCUT2D eigenvalue weighted by Crippen LogP contribution is -2.12. The summed E-state index contributed by atoms with van der Waals surface area (Å²) in [7, 11) is 1.64. The van der Waals surface area contributed by atoms with Crippen molar-refractivity contribution >= 4 is 15.9 Å². The van der Waals surface area contributed by atoms with Crippen LogP contribution in [-0.2, 0) is 11.2 Å². The number of aliphatic hydroxyl groups is 1. The lowest BCUT2D eigenvalue weighted by atomic mass is 10.0. The molecular formula is C14H21BrO3. The Morgan fingerprint density at radius 1 is 1.39 bits per heavy atom. The van der Waals surface area contributed by atoms with Gasteiger partial charge in [-0.25, -0.2) is 0 Å². The van der Waals surface area contributed by atoms with Crippen molar-refractivity contribution in [2.45, 2.75) is 32.3 Å². The van der Waals surface area contributed by atoms with E-state index >= 15 is 0 Å². The molecule has 0 aromatic heterocycles. The van der Waals surface area contributed by atoms with Crippen LogP contribution in [0.15, 0.2) is 22.7 Å². The summed E-state index contributed by atoms with van der Waals surface area (Å²) in [5.41, 5.74) is 1.07. The Morgan fingerprint density at radius 3 is 2.83 bits per heavy atom. The molecule has 1 atom stereocenters. The first-order valence-electron chi connectivity index (χ1n) is 6.25. The minimum atomic E-state index is -0.339. The number of rotatable bonds is 8. The Kier molecular flexibility index (Phi) is 7.32. The van der Waals surface area contributed by atoms with Crippen LogP contribution in [0.2, 0.25) is 0 Å². The molecule has 0 bridgehead atoms. The van der Waals surface area contributed by atoms with Gasteiger partial charge in [-0.3, -0.25) is 0 Å². The Morgan fingerprint density at radius 2 is 2.17 bits per heavy atom. The average Bonchev–Trinajstić information content (AvgIpc) is 2.37. The van der Waals surface area contributed by atoms with E-state index in [2.05, 4.69) is 15.9 Å². The van der Waals surface area contributed by atoms with Crippen molar-refractivity contribution in [3.8, 4) is 5.75 Å². The van der Waals surface area contributed by atoms with Gasteiger partial charge in [0.25, 0.3) is 0 Å². The molecule has 1 aromatic carbocycles. The zero-order valence-corrected chi connectivity index (χ0v) is 12.6. The van der Waals surface area contributed by atoms with E-state index in [-0.39, 0.29) is 6.10 Å². The van der Waals surface area contributed by atoms with Crippen molar-refractivity contribution in [1.82, 2.24) is 0 Å². The molecule has 102 valence electrons. The van der Waals surface area contributed by atoms with Crippen molar-refractivity contribution in [2.75, 3.05) is 20.3 Å². The Hall–Kier alpha value is -0.580. The van der Waals surface area contributed by atoms with Crippen LogP contribution in [0.4, 0.5) is 0 Å². The highest BCUT2D eigenvalue weighted by Crippen LogP contribution is 2.24. The summed E-state index contributed by atoms with van der Waals surface area (Å²) < 4.78 is 11.4. The fourth-order valence-corrected chi connectivity index (χ4v) is 2.16. The van der Waals surface area contributed by atoms with E-state index in [0.29, 0.717) is 13.0 Å². The van der Waals surface area contributed by atoms with Crippen LogP contribution in [-0.4, -0.2) is 31.5 Å². The molecule has 0 radical (unpaired) electrons. The minimum Gasteiger partial charge on any atom is -0.497 e. The van der Waals surface area contributed by atoms with E-state index < -0.39 is 0 Å². The van der Waals surface area contributed by atoms with Crippen molar-refractivity contribution < 1.29 is 14.6 Å². The van der Waals surface area contributed by atoms with Crippen LogP contribution in [0, 0.1) is 0 Å². The van der Waals surface area contributed by atoms with E-state index in [9.17, 15) is 5.11 Å². The number of halogens is 1. The highest BCUT2D eigenvalue weighted by Gasteiger charge is 2.09. The molecule has 1 aromatic rings. The molecule has 0 heterocycles. The first kappa shape index (κ1) is 15.5. The minimum absolute atomic E-state index is 0.339. The van der Waals surface area contributed by atoms with Gasteiger partial charge in [0, 0.05) is 17.7 Å².